The van der Waals surface area contributed by atoms with Gasteiger partial charge in [0.25, 0.3) is 0 Å². The maximum absolute atomic E-state index is 6.40. The third-order valence-electron chi connectivity index (χ3n) is 4.19. The molecule has 1 fully saturated rings. The van der Waals surface area contributed by atoms with Gasteiger partial charge in [-0.15, -0.1) is 0 Å². The Morgan fingerprint density at radius 1 is 1.19 bits per heavy atom. The number of piperazine rings is 1. The molecule has 0 radical (unpaired) electrons. The summed E-state index contributed by atoms with van der Waals surface area (Å²) in [5.41, 5.74) is 7.59. The highest BCUT2D eigenvalue weighted by Crippen LogP contribution is 2.23. The van der Waals surface area contributed by atoms with Crippen molar-refractivity contribution in [3.05, 3.63) is 29.8 Å². The summed E-state index contributed by atoms with van der Waals surface area (Å²) in [7, 11) is 4.38. The van der Waals surface area contributed by atoms with Crippen LogP contribution >= 0.6 is 0 Å². The Bertz CT molecular complexity index is 432. The molecule has 4 nitrogen and oxygen atoms in total. The third kappa shape index (κ3) is 4.70. The number of likely N-dealkylation sites (N-methyl/N-ethyl adjacent to an activating group) is 2. The number of nitrogens with two attached hydrogens (primary N) is 1. The Labute approximate surface area is 128 Å². The number of rotatable bonds is 5. The summed E-state index contributed by atoms with van der Waals surface area (Å²) in [6.07, 6.45) is 1.20. The summed E-state index contributed by atoms with van der Waals surface area (Å²) < 4.78 is 5.67. The van der Waals surface area contributed by atoms with E-state index in [-0.39, 0.29) is 12.1 Å². The molecule has 1 aromatic carbocycles. The molecule has 0 bridgehead atoms. The Morgan fingerprint density at radius 2 is 1.86 bits per heavy atom. The maximum Gasteiger partial charge on any atom is 0.119 e. The quantitative estimate of drug-likeness (QED) is 0.902. The van der Waals surface area contributed by atoms with Crippen LogP contribution in [0.3, 0.4) is 0 Å². The fourth-order valence-corrected chi connectivity index (χ4v) is 2.85. The molecule has 0 aromatic heterocycles. The molecule has 0 spiro atoms. The minimum Gasteiger partial charge on any atom is -0.491 e. The molecule has 1 heterocycles. The molecule has 1 aromatic rings. The third-order valence-corrected chi connectivity index (χ3v) is 4.19. The van der Waals surface area contributed by atoms with Gasteiger partial charge in [0.15, 0.2) is 0 Å². The molecule has 1 aliphatic heterocycles. The Morgan fingerprint density at radius 3 is 2.48 bits per heavy atom. The Hall–Kier alpha value is -1.10. The molecule has 4 heteroatoms. The van der Waals surface area contributed by atoms with Crippen LogP contribution in [0, 0.1) is 0 Å². The van der Waals surface area contributed by atoms with E-state index >= 15 is 0 Å². The largest absolute Gasteiger partial charge is 0.491 e. The number of ether oxygens (including phenoxy) is 1. The molecule has 0 amide bonds. The van der Waals surface area contributed by atoms with Crippen LogP contribution in [0.5, 0.6) is 5.75 Å². The molecule has 0 aliphatic carbocycles. The number of hydrogen-bond acceptors (Lipinski definition) is 4. The lowest BCUT2D eigenvalue weighted by atomic mass is 9.98. The standard InChI is InChI=1S/C17H29N3O/c1-13(2)21-16-7-5-14(6-8-16)17(18)11-15-12-19(3)9-10-20(15)4/h5-8,13,15,17H,9-12,18H2,1-4H3. The van der Waals surface area contributed by atoms with Crippen molar-refractivity contribution in [3.8, 4) is 5.75 Å². The zero-order chi connectivity index (χ0) is 15.4. The first-order chi connectivity index (χ1) is 9.95. The molecule has 2 atom stereocenters. The van der Waals surface area contributed by atoms with E-state index in [2.05, 4.69) is 36.0 Å². The number of hydrogen-bond donors (Lipinski definition) is 1. The predicted octanol–water partition coefficient (Wildman–Crippen LogP) is 2.11. The van der Waals surface area contributed by atoms with Crippen LogP contribution in [0.1, 0.15) is 31.9 Å². The van der Waals surface area contributed by atoms with E-state index in [0.29, 0.717) is 6.04 Å². The van der Waals surface area contributed by atoms with Gasteiger partial charge in [-0.1, -0.05) is 12.1 Å². The summed E-state index contributed by atoms with van der Waals surface area (Å²) in [5.74, 6) is 0.912. The summed E-state index contributed by atoms with van der Waals surface area (Å²) in [5, 5.41) is 0. The van der Waals surface area contributed by atoms with E-state index in [0.717, 1.165) is 31.8 Å². The lowest BCUT2D eigenvalue weighted by Crippen LogP contribution is -2.50. The SMILES string of the molecule is CC(C)Oc1ccc(C(N)CC2CN(C)CCN2C)cc1. The van der Waals surface area contributed by atoms with Crippen molar-refractivity contribution in [1.29, 1.82) is 0 Å². The second-order valence-corrected chi connectivity index (χ2v) is 6.47. The van der Waals surface area contributed by atoms with Gasteiger partial charge in [-0.05, 0) is 52.1 Å². The van der Waals surface area contributed by atoms with Gasteiger partial charge in [-0.3, -0.25) is 0 Å². The summed E-state index contributed by atoms with van der Waals surface area (Å²) in [6, 6.07) is 8.84. The van der Waals surface area contributed by atoms with Gasteiger partial charge in [-0.2, -0.15) is 0 Å². The van der Waals surface area contributed by atoms with Gasteiger partial charge in [-0.25, -0.2) is 0 Å². The zero-order valence-corrected chi connectivity index (χ0v) is 13.7. The molecule has 21 heavy (non-hydrogen) atoms. The van der Waals surface area contributed by atoms with Gasteiger partial charge in [0.05, 0.1) is 6.10 Å². The normalized spacial score (nSPS) is 22.5. The highest BCUT2D eigenvalue weighted by molar-refractivity contribution is 5.29. The highest BCUT2D eigenvalue weighted by atomic mass is 16.5. The first kappa shape index (κ1) is 16.3. The van der Waals surface area contributed by atoms with E-state index < -0.39 is 0 Å². The monoisotopic (exact) mass is 291 g/mol. The topological polar surface area (TPSA) is 41.7 Å². The molecule has 1 aliphatic rings. The first-order valence-electron chi connectivity index (χ1n) is 7.86. The van der Waals surface area contributed by atoms with Crippen LogP contribution in [0.15, 0.2) is 24.3 Å². The summed E-state index contributed by atoms with van der Waals surface area (Å²) in [6.45, 7) is 7.43. The molecular formula is C17H29N3O. The molecule has 0 saturated carbocycles. The number of benzene rings is 1. The van der Waals surface area contributed by atoms with Crippen LogP contribution in [0.25, 0.3) is 0 Å². The predicted molar refractivity (Wildman–Crippen MR) is 87.7 cm³/mol. The molecular weight excluding hydrogens is 262 g/mol. The van der Waals surface area contributed by atoms with Crippen LogP contribution in [0.2, 0.25) is 0 Å². The van der Waals surface area contributed by atoms with Crippen LogP contribution < -0.4 is 10.5 Å². The van der Waals surface area contributed by atoms with Crippen LogP contribution in [-0.2, 0) is 0 Å². The van der Waals surface area contributed by atoms with Crippen LogP contribution in [0.4, 0.5) is 0 Å². The summed E-state index contributed by atoms with van der Waals surface area (Å²) in [4.78, 5) is 4.81. The second-order valence-electron chi connectivity index (χ2n) is 6.47. The second kappa shape index (κ2) is 7.25. The molecule has 2 unspecified atom stereocenters. The molecule has 2 N–H and O–H groups in total. The first-order valence-corrected chi connectivity index (χ1v) is 7.86. The molecule has 118 valence electrons. The van der Waals surface area contributed by atoms with Crippen molar-refractivity contribution in [1.82, 2.24) is 9.80 Å². The van der Waals surface area contributed by atoms with Crippen molar-refractivity contribution in [2.24, 2.45) is 5.73 Å². The minimum absolute atomic E-state index is 0.0806. The van der Waals surface area contributed by atoms with Crippen molar-refractivity contribution in [3.63, 3.8) is 0 Å². The molecule has 2 rings (SSSR count). The van der Waals surface area contributed by atoms with Crippen molar-refractivity contribution in [2.45, 2.75) is 38.5 Å². The minimum atomic E-state index is 0.0806. The van der Waals surface area contributed by atoms with Gasteiger partial charge in [0.1, 0.15) is 5.75 Å². The lowest BCUT2D eigenvalue weighted by Gasteiger charge is -2.38. The van der Waals surface area contributed by atoms with Gasteiger partial charge < -0.3 is 20.3 Å². The Balaban J connectivity index is 1.94. The van der Waals surface area contributed by atoms with Crippen molar-refractivity contribution < 1.29 is 4.74 Å². The highest BCUT2D eigenvalue weighted by Gasteiger charge is 2.24. The van der Waals surface area contributed by atoms with Crippen molar-refractivity contribution >= 4 is 0 Å². The van der Waals surface area contributed by atoms with E-state index in [4.69, 9.17) is 10.5 Å². The maximum atomic E-state index is 6.40. The lowest BCUT2D eigenvalue weighted by molar-refractivity contribution is 0.104. The average molecular weight is 291 g/mol. The van der Waals surface area contributed by atoms with Crippen molar-refractivity contribution in [2.75, 3.05) is 33.7 Å². The average Bonchev–Trinajstić information content (AvgIpc) is 2.43. The fourth-order valence-electron chi connectivity index (χ4n) is 2.85. The van der Waals surface area contributed by atoms with E-state index in [1.807, 2.05) is 26.0 Å². The Kier molecular flexibility index (Phi) is 5.62. The molecule has 1 saturated heterocycles. The smallest absolute Gasteiger partial charge is 0.119 e. The van der Waals surface area contributed by atoms with Crippen LogP contribution in [-0.4, -0.2) is 55.7 Å². The van der Waals surface area contributed by atoms with Gasteiger partial charge in [0.2, 0.25) is 0 Å². The summed E-state index contributed by atoms with van der Waals surface area (Å²) >= 11 is 0. The van der Waals surface area contributed by atoms with E-state index in [1.165, 1.54) is 5.56 Å². The van der Waals surface area contributed by atoms with E-state index in [9.17, 15) is 0 Å². The number of nitrogens with zero attached hydrogens (tertiary/aromatic N) is 2. The van der Waals surface area contributed by atoms with Gasteiger partial charge >= 0.3 is 0 Å². The zero-order valence-electron chi connectivity index (χ0n) is 13.7. The van der Waals surface area contributed by atoms with E-state index in [1.54, 1.807) is 0 Å². The fraction of sp³-hybridized carbons (Fsp3) is 0.647. The van der Waals surface area contributed by atoms with Gasteiger partial charge in [0, 0.05) is 31.7 Å².